The molecule has 2 heterocycles. The van der Waals surface area contributed by atoms with E-state index in [1.807, 2.05) is 0 Å². The fourth-order valence-corrected chi connectivity index (χ4v) is 5.20. The molecule has 11 heteroatoms. The van der Waals surface area contributed by atoms with Crippen LogP contribution >= 0.6 is 11.6 Å². The van der Waals surface area contributed by atoms with Crippen LogP contribution in [0.2, 0.25) is 5.02 Å². The second-order valence-corrected chi connectivity index (χ2v) is 9.84. The highest BCUT2D eigenvalue weighted by Gasteiger charge is 2.37. The Labute approximate surface area is 183 Å². The summed E-state index contributed by atoms with van der Waals surface area (Å²) in [6.07, 6.45) is -4.25. The Morgan fingerprint density at radius 1 is 1.23 bits per heavy atom. The molecule has 0 aliphatic carbocycles. The Kier molecular flexibility index (Phi) is 6.73. The molecule has 6 nitrogen and oxygen atoms in total. The number of amides is 1. The number of hydrogen-bond acceptors (Lipinski definition) is 4. The summed E-state index contributed by atoms with van der Waals surface area (Å²) in [6.45, 7) is 3.64. The number of benzene rings is 1. The number of nitrogens with one attached hydrogen (secondary N) is 1. The van der Waals surface area contributed by atoms with Gasteiger partial charge in [-0.05, 0) is 57.0 Å². The van der Waals surface area contributed by atoms with E-state index in [0.29, 0.717) is 11.8 Å². The van der Waals surface area contributed by atoms with Gasteiger partial charge in [0.05, 0.1) is 21.5 Å². The van der Waals surface area contributed by atoms with Gasteiger partial charge in [-0.1, -0.05) is 11.6 Å². The maximum absolute atomic E-state index is 13.1. The molecule has 1 N–H and O–H groups in total. The van der Waals surface area contributed by atoms with Crippen LogP contribution in [-0.2, 0) is 21.0 Å². The molecule has 0 spiro atoms. The van der Waals surface area contributed by atoms with Crippen molar-refractivity contribution in [3.05, 3.63) is 52.4 Å². The number of halogens is 4. The van der Waals surface area contributed by atoms with Gasteiger partial charge in [0.2, 0.25) is 15.9 Å². The molecule has 1 aromatic carbocycles. The number of nitrogens with zero attached hydrogens (tertiary/aromatic N) is 1. The zero-order valence-electron chi connectivity index (χ0n) is 16.9. The van der Waals surface area contributed by atoms with E-state index in [1.54, 1.807) is 26.0 Å². The van der Waals surface area contributed by atoms with E-state index in [9.17, 15) is 26.4 Å². The molecule has 0 radical (unpaired) electrons. The molecular formula is C20H22ClF3N2O4S. The van der Waals surface area contributed by atoms with E-state index in [-0.39, 0.29) is 37.9 Å². The van der Waals surface area contributed by atoms with Crippen LogP contribution in [0.4, 0.5) is 13.2 Å². The van der Waals surface area contributed by atoms with Crippen molar-refractivity contribution in [2.75, 3.05) is 13.1 Å². The average Bonchev–Trinajstić information content (AvgIpc) is 3.14. The van der Waals surface area contributed by atoms with Gasteiger partial charge in [-0.25, -0.2) is 8.42 Å². The monoisotopic (exact) mass is 478 g/mol. The van der Waals surface area contributed by atoms with E-state index >= 15 is 0 Å². The molecule has 1 unspecified atom stereocenters. The number of furan rings is 1. The third-order valence-corrected chi connectivity index (χ3v) is 7.48. The van der Waals surface area contributed by atoms with E-state index in [2.05, 4.69) is 5.32 Å². The maximum atomic E-state index is 13.1. The molecule has 0 saturated carbocycles. The zero-order valence-corrected chi connectivity index (χ0v) is 18.4. The molecular weight excluding hydrogens is 457 g/mol. The number of aryl methyl sites for hydroxylation is 1. The predicted molar refractivity (Wildman–Crippen MR) is 108 cm³/mol. The van der Waals surface area contributed by atoms with Crippen LogP contribution in [0.25, 0.3) is 0 Å². The molecule has 1 aliphatic heterocycles. The van der Waals surface area contributed by atoms with E-state index in [0.717, 1.165) is 22.2 Å². The Balaban J connectivity index is 1.65. The van der Waals surface area contributed by atoms with Gasteiger partial charge < -0.3 is 9.73 Å². The number of piperidine rings is 1. The Morgan fingerprint density at radius 2 is 1.87 bits per heavy atom. The van der Waals surface area contributed by atoms with Crippen molar-refractivity contribution in [3.63, 3.8) is 0 Å². The second kappa shape index (κ2) is 8.84. The van der Waals surface area contributed by atoms with Crippen molar-refractivity contribution in [2.45, 2.75) is 43.8 Å². The van der Waals surface area contributed by atoms with Crippen LogP contribution in [0.1, 0.15) is 42.9 Å². The largest absolute Gasteiger partial charge is 0.464 e. The molecule has 3 rings (SSSR count). The summed E-state index contributed by atoms with van der Waals surface area (Å²) < 4.78 is 71.5. The van der Waals surface area contributed by atoms with Crippen molar-refractivity contribution in [1.29, 1.82) is 0 Å². The number of alkyl halides is 3. The fourth-order valence-electron chi connectivity index (χ4n) is 3.48. The minimum atomic E-state index is -4.77. The lowest BCUT2D eigenvalue weighted by Crippen LogP contribution is -2.43. The first-order valence-corrected chi connectivity index (χ1v) is 11.4. The summed E-state index contributed by atoms with van der Waals surface area (Å²) in [5.74, 6) is 0.727. The summed E-state index contributed by atoms with van der Waals surface area (Å²) in [6, 6.07) is 5.76. The van der Waals surface area contributed by atoms with E-state index in [1.165, 1.54) is 0 Å². The molecule has 1 fully saturated rings. The van der Waals surface area contributed by atoms with Crippen LogP contribution in [0, 0.1) is 12.8 Å². The third kappa shape index (κ3) is 5.24. The fraction of sp³-hybridized carbons (Fsp3) is 0.450. The molecule has 1 atom stereocenters. The Hall–Kier alpha value is -2.04. The number of carbonyl (C=O) groups is 1. The highest BCUT2D eigenvalue weighted by molar-refractivity contribution is 7.89. The van der Waals surface area contributed by atoms with Gasteiger partial charge in [-0.2, -0.15) is 17.5 Å². The average molecular weight is 479 g/mol. The first-order valence-electron chi connectivity index (χ1n) is 9.63. The van der Waals surface area contributed by atoms with Crippen molar-refractivity contribution in [1.82, 2.24) is 9.62 Å². The summed E-state index contributed by atoms with van der Waals surface area (Å²) in [4.78, 5) is 12.1. The second-order valence-electron chi connectivity index (χ2n) is 7.50. The predicted octanol–water partition coefficient (Wildman–Crippen LogP) is 4.54. The highest BCUT2D eigenvalue weighted by Crippen LogP contribution is 2.36. The Bertz CT molecular complexity index is 1060. The number of sulfonamides is 1. The van der Waals surface area contributed by atoms with Crippen LogP contribution in [-0.4, -0.2) is 31.7 Å². The van der Waals surface area contributed by atoms with E-state index < -0.39 is 37.6 Å². The van der Waals surface area contributed by atoms with Crippen LogP contribution < -0.4 is 5.32 Å². The van der Waals surface area contributed by atoms with Crippen LogP contribution in [0.5, 0.6) is 0 Å². The highest BCUT2D eigenvalue weighted by atomic mass is 35.5. The topological polar surface area (TPSA) is 79.6 Å². The molecule has 1 aliphatic rings. The normalized spacial score (nSPS) is 17.5. The molecule has 170 valence electrons. The molecule has 2 aromatic rings. The molecule has 0 bridgehead atoms. The van der Waals surface area contributed by atoms with Crippen molar-refractivity contribution < 1.29 is 30.8 Å². The first kappa shape index (κ1) is 23.6. The minimum Gasteiger partial charge on any atom is -0.464 e. The van der Waals surface area contributed by atoms with Crippen molar-refractivity contribution >= 4 is 27.5 Å². The standard InChI is InChI=1S/C20H22ClF3N2O4S/c1-12-3-6-18(30-12)13(2)25-19(27)14-7-9-26(10-8-14)31(28,29)15-4-5-17(21)16(11-15)20(22,23)24/h3-6,11,13-14H,7-10H2,1-2H3,(H,25,27). The SMILES string of the molecule is Cc1ccc(C(C)NC(=O)C2CCN(S(=O)(=O)c3ccc(Cl)c(C(F)(F)F)c3)CC2)o1. The van der Waals surface area contributed by atoms with Gasteiger partial charge >= 0.3 is 6.18 Å². The summed E-state index contributed by atoms with van der Waals surface area (Å²) in [5.41, 5.74) is -1.20. The Morgan fingerprint density at radius 3 is 2.42 bits per heavy atom. The third-order valence-electron chi connectivity index (χ3n) is 5.25. The van der Waals surface area contributed by atoms with Gasteiger partial charge in [0.1, 0.15) is 11.5 Å². The summed E-state index contributed by atoms with van der Waals surface area (Å²) in [5, 5.41) is 2.29. The lowest BCUT2D eigenvalue weighted by atomic mass is 9.97. The molecule has 1 saturated heterocycles. The van der Waals surface area contributed by atoms with Gasteiger partial charge in [0.15, 0.2) is 0 Å². The minimum absolute atomic E-state index is 0.0264. The van der Waals surface area contributed by atoms with Gasteiger partial charge in [-0.15, -0.1) is 0 Å². The first-order chi connectivity index (χ1) is 14.4. The molecule has 1 aromatic heterocycles. The van der Waals surface area contributed by atoms with Gasteiger partial charge in [0, 0.05) is 19.0 Å². The lowest BCUT2D eigenvalue weighted by Gasteiger charge is -2.31. The summed E-state index contributed by atoms with van der Waals surface area (Å²) in [7, 11) is -4.15. The number of hydrogen-bond donors (Lipinski definition) is 1. The van der Waals surface area contributed by atoms with Crippen molar-refractivity contribution in [2.24, 2.45) is 5.92 Å². The van der Waals surface area contributed by atoms with E-state index in [4.69, 9.17) is 16.0 Å². The van der Waals surface area contributed by atoms with Crippen LogP contribution in [0.3, 0.4) is 0 Å². The van der Waals surface area contributed by atoms with Gasteiger partial charge in [-0.3, -0.25) is 4.79 Å². The zero-order chi connectivity index (χ0) is 23.0. The summed E-state index contributed by atoms with van der Waals surface area (Å²) >= 11 is 5.58. The maximum Gasteiger partial charge on any atom is 0.417 e. The van der Waals surface area contributed by atoms with Crippen LogP contribution in [0.15, 0.2) is 39.6 Å². The molecule has 1 amide bonds. The number of carbonyl (C=O) groups excluding carboxylic acids is 1. The van der Waals surface area contributed by atoms with Gasteiger partial charge in [0.25, 0.3) is 0 Å². The van der Waals surface area contributed by atoms with Crippen molar-refractivity contribution in [3.8, 4) is 0 Å². The quantitative estimate of drug-likeness (QED) is 0.684. The lowest BCUT2D eigenvalue weighted by molar-refractivity contribution is -0.137. The number of rotatable bonds is 5. The smallest absolute Gasteiger partial charge is 0.417 e. The molecule has 31 heavy (non-hydrogen) atoms.